The monoisotopic (exact) mass is 418 g/mol. The van der Waals surface area contributed by atoms with E-state index in [1.54, 1.807) is 18.3 Å². The second kappa shape index (κ2) is 8.05. The molecule has 0 saturated carbocycles. The fraction of sp³-hybridized carbons (Fsp3) is 0.333. The lowest BCUT2D eigenvalue weighted by Gasteiger charge is -2.32. The van der Waals surface area contributed by atoms with Crippen molar-refractivity contribution in [1.82, 2.24) is 9.88 Å². The summed E-state index contributed by atoms with van der Waals surface area (Å²) in [5, 5.41) is 1.81. The van der Waals surface area contributed by atoms with E-state index in [1.165, 1.54) is 24.3 Å². The Kier molecular flexibility index (Phi) is 5.51. The van der Waals surface area contributed by atoms with Crippen molar-refractivity contribution in [3.8, 4) is 5.75 Å². The summed E-state index contributed by atoms with van der Waals surface area (Å²) in [6.45, 7) is 3.09. The summed E-state index contributed by atoms with van der Waals surface area (Å²) in [6.07, 6.45) is 1.15. The Bertz CT molecular complexity index is 984. The summed E-state index contributed by atoms with van der Waals surface area (Å²) >= 11 is 7.76. The lowest BCUT2D eigenvalue weighted by atomic mass is 9.97. The van der Waals surface area contributed by atoms with Crippen LogP contribution in [0.4, 0.5) is 4.39 Å². The van der Waals surface area contributed by atoms with E-state index in [4.69, 9.17) is 21.3 Å². The summed E-state index contributed by atoms with van der Waals surface area (Å²) in [4.78, 5) is 19.3. The molecule has 1 aliphatic heterocycles. The molecule has 1 atom stereocenters. The average Bonchev–Trinajstić information content (AvgIpc) is 3.12. The minimum Gasteiger partial charge on any atom is -0.481 e. The third kappa shape index (κ3) is 4.13. The van der Waals surface area contributed by atoms with Crippen LogP contribution < -0.4 is 4.74 Å². The van der Waals surface area contributed by atoms with Gasteiger partial charge in [0.1, 0.15) is 11.6 Å². The van der Waals surface area contributed by atoms with Crippen molar-refractivity contribution in [3.63, 3.8) is 0 Å². The van der Waals surface area contributed by atoms with Gasteiger partial charge in [-0.1, -0.05) is 11.6 Å². The predicted molar refractivity (Wildman–Crippen MR) is 110 cm³/mol. The molecule has 0 N–H and O–H groups in total. The molecule has 3 aromatic rings. The van der Waals surface area contributed by atoms with Gasteiger partial charge in [0.2, 0.25) is 0 Å². The second-order valence-corrected chi connectivity index (χ2v) is 8.48. The van der Waals surface area contributed by atoms with Crippen LogP contribution in [0.25, 0.3) is 10.2 Å². The fourth-order valence-corrected chi connectivity index (χ4v) is 4.75. The number of likely N-dealkylation sites (tertiary alicyclic amines) is 1. The second-order valence-electron chi connectivity index (χ2n) is 6.98. The Hall–Kier alpha value is -2.18. The Morgan fingerprint density at radius 3 is 2.68 bits per heavy atom. The van der Waals surface area contributed by atoms with Gasteiger partial charge in [0, 0.05) is 24.0 Å². The van der Waals surface area contributed by atoms with E-state index in [1.807, 2.05) is 23.1 Å². The van der Waals surface area contributed by atoms with Gasteiger partial charge in [0.05, 0.1) is 15.2 Å². The Morgan fingerprint density at radius 2 is 1.96 bits per heavy atom. The van der Waals surface area contributed by atoms with Crippen LogP contribution in [0.5, 0.6) is 5.75 Å². The minimum absolute atomic E-state index is 0.0427. The molecule has 1 aliphatic rings. The number of halogens is 2. The van der Waals surface area contributed by atoms with Gasteiger partial charge in [-0.3, -0.25) is 4.79 Å². The number of amides is 1. The third-order valence-electron chi connectivity index (χ3n) is 5.00. The van der Waals surface area contributed by atoms with E-state index in [9.17, 15) is 9.18 Å². The van der Waals surface area contributed by atoms with Gasteiger partial charge in [0.25, 0.3) is 5.91 Å². The van der Waals surface area contributed by atoms with Crippen LogP contribution in [0.15, 0.2) is 42.5 Å². The van der Waals surface area contributed by atoms with E-state index in [2.05, 4.69) is 0 Å². The van der Waals surface area contributed by atoms with Gasteiger partial charge >= 0.3 is 0 Å². The molecule has 1 saturated heterocycles. The van der Waals surface area contributed by atoms with Crippen LogP contribution in [0.3, 0.4) is 0 Å². The first-order valence-corrected chi connectivity index (χ1v) is 10.5. The molecule has 7 heteroatoms. The maximum atomic E-state index is 13.0. The normalized spacial score (nSPS) is 16.3. The van der Waals surface area contributed by atoms with Gasteiger partial charge in [0.15, 0.2) is 6.10 Å². The zero-order chi connectivity index (χ0) is 19.7. The molecule has 1 fully saturated rings. The number of ether oxygens (including phenoxy) is 1. The molecule has 4 nitrogen and oxygen atoms in total. The molecule has 0 bridgehead atoms. The van der Waals surface area contributed by atoms with Crippen molar-refractivity contribution in [1.29, 1.82) is 0 Å². The zero-order valence-electron chi connectivity index (χ0n) is 15.4. The van der Waals surface area contributed by atoms with Gasteiger partial charge < -0.3 is 9.64 Å². The Morgan fingerprint density at radius 1 is 1.25 bits per heavy atom. The summed E-state index contributed by atoms with van der Waals surface area (Å²) in [5.74, 6) is 0.475. The number of benzene rings is 2. The van der Waals surface area contributed by atoms with Crippen molar-refractivity contribution in [2.75, 3.05) is 13.1 Å². The highest BCUT2D eigenvalue weighted by Crippen LogP contribution is 2.34. The molecule has 1 aromatic heterocycles. The van der Waals surface area contributed by atoms with Crippen molar-refractivity contribution in [2.45, 2.75) is 31.8 Å². The maximum Gasteiger partial charge on any atom is 0.263 e. The van der Waals surface area contributed by atoms with Gasteiger partial charge in [-0.25, -0.2) is 9.37 Å². The summed E-state index contributed by atoms with van der Waals surface area (Å²) < 4.78 is 19.8. The van der Waals surface area contributed by atoms with Crippen molar-refractivity contribution >= 4 is 39.1 Å². The molecule has 28 heavy (non-hydrogen) atoms. The highest BCUT2D eigenvalue weighted by atomic mass is 35.5. The number of aromatic nitrogens is 1. The van der Waals surface area contributed by atoms with Gasteiger partial charge in [-0.15, -0.1) is 11.3 Å². The average molecular weight is 419 g/mol. The number of carbonyl (C=O) groups is 1. The first kappa shape index (κ1) is 19.2. The molecule has 2 heterocycles. The van der Waals surface area contributed by atoms with E-state index >= 15 is 0 Å². The molecule has 4 rings (SSSR count). The molecule has 1 amide bonds. The number of nitrogens with zero attached hydrogens (tertiary/aromatic N) is 2. The quantitative estimate of drug-likeness (QED) is 0.580. The van der Waals surface area contributed by atoms with Crippen LogP contribution in [0.2, 0.25) is 5.02 Å². The molecule has 0 radical (unpaired) electrons. The van der Waals surface area contributed by atoms with Crippen molar-refractivity contribution in [3.05, 3.63) is 58.3 Å². The summed E-state index contributed by atoms with van der Waals surface area (Å²) in [7, 11) is 0. The van der Waals surface area contributed by atoms with E-state index in [0.717, 1.165) is 28.1 Å². The Balaban J connectivity index is 1.36. The highest BCUT2D eigenvalue weighted by Gasteiger charge is 2.29. The van der Waals surface area contributed by atoms with E-state index in [-0.39, 0.29) is 11.7 Å². The number of hydrogen-bond donors (Lipinski definition) is 0. The minimum atomic E-state index is -0.605. The van der Waals surface area contributed by atoms with E-state index in [0.29, 0.717) is 29.8 Å². The lowest BCUT2D eigenvalue weighted by molar-refractivity contribution is -0.139. The van der Waals surface area contributed by atoms with E-state index < -0.39 is 6.10 Å². The maximum absolute atomic E-state index is 13.0. The zero-order valence-corrected chi connectivity index (χ0v) is 17.0. The molecule has 0 spiro atoms. The van der Waals surface area contributed by atoms with Gasteiger partial charge in [-0.05, 0) is 62.2 Å². The number of thiazole rings is 1. The summed E-state index contributed by atoms with van der Waals surface area (Å²) in [6, 6.07) is 11.5. The van der Waals surface area contributed by atoms with Crippen molar-refractivity contribution < 1.29 is 13.9 Å². The first-order chi connectivity index (χ1) is 13.5. The standard InChI is InChI=1S/C21H20ClFN2O2S/c1-13(27-17-5-3-16(23)4-6-17)21(26)25-10-8-14(9-11-25)20-24-18-12-15(22)2-7-19(18)28-20/h2-7,12-14H,8-11H2,1H3. The predicted octanol–water partition coefficient (Wildman–Crippen LogP) is 5.26. The molecule has 0 aliphatic carbocycles. The smallest absolute Gasteiger partial charge is 0.263 e. The van der Waals surface area contributed by atoms with Crippen LogP contribution in [0, 0.1) is 5.82 Å². The number of piperidine rings is 1. The van der Waals surface area contributed by atoms with Crippen LogP contribution in [0.1, 0.15) is 30.7 Å². The number of hydrogen-bond acceptors (Lipinski definition) is 4. The number of fused-ring (bicyclic) bond motifs is 1. The SMILES string of the molecule is CC(Oc1ccc(F)cc1)C(=O)N1CCC(c2nc3cc(Cl)ccc3s2)CC1. The third-order valence-corrected chi connectivity index (χ3v) is 6.43. The van der Waals surface area contributed by atoms with Crippen LogP contribution >= 0.6 is 22.9 Å². The first-order valence-electron chi connectivity index (χ1n) is 9.26. The lowest BCUT2D eigenvalue weighted by Crippen LogP contribution is -2.44. The van der Waals surface area contributed by atoms with Crippen LogP contribution in [-0.4, -0.2) is 35.0 Å². The molecule has 1 unspecified atom stereocenters. The molecule has 2 aromatic carbocycles. The molecular formula is C21H20ClFN2O2S. The molecule has 146 valence electrons. The highest BCUT2D eigenvalue weighted by molar-refractivity contribution is 7.18. The Labute approximate surface area is 171 Å². The van der Waals surface area contributed by atoms with Crippen LogP contribution in [-0.2, 0) is 4.79 Å². The van der Waals surface area contributed by atoms with Crippen molar-refractivity contribution in [2.24, 2.45) is 0 Å². The largest absolute Gasteiger partial charge is 0.481 e. The van der Waals surface area contributed by atoms with Gasteiger partial charge in [-0.2, -0.15) is 0 Å². The number of carbonyl (C=O) groups excluding carboxylic acids is 1. The summed E-state index contributed by atoms with van der Waals surface area (Å²) in [5.41, 5.74) is 0.937. The molecular weight excluding hydrogens is 399 g/mol. The fourth-order valence-electron chi connectivity index (χ4n) is 3.46. The topological polar surface area (TPSA) is 42.4 Å². The number of rotatable bonds is 4.